The molecular weight excluding hydrogens is 236 g/mol. The first kappa shape index (κ1) is 12.4. The average Bonchev–Trinajstić information content (AvgIpc) is 2.40. The Kier molecular flexibility index (Phi) is 4.40. The molecule has 0 bridgehead atoms. The smallest absolute Gasteiger partial charge is 0.256 e. The zero-order chi connectivity index (χ0) is 12.1. The molecule has 1 N–H and O–H groups in total. The van der Waals surface area contributed by atoms with Crippen molar-refractivity contribution in [2.75, 3.05) is 13.1 Å². The van der Waals surface area contributed by atoms with Gasteiger partial charge in [-0.2, -0.15) is 0 Å². The lowest BCUT2D eigenvalue weighted by Crippen LogP contribution is -2.46. The summed E-state index contributed by atoms with van der Waals surface area (Å²) in [6, 6.07) is 9.42. The van der Waals surface area contributed by atoms with Crippen molar-refractivity contribution >= 4 is 17.5 Å². The predicted molar refractivity (Wildman–Crippen MR) is 68.6 cm³/mol. The third kappa shape index (κ3) is 3.45. The molecular formula is C13H17ClN2O. The molecule has 0 aliphatic carbocycles. The van der Waals surface area contributed by atoms with E-state index in [1.807, 2.05) is 35.3 Å². The van der Waals surface area contributed by atoms with Gasteiger partial charge in [0.2, 0.25) is 0 Å². The van der Waals surface area contributed by atoms with Gasteiger partial charge in [-0.05, 0) is 18.4 Å². The number of hydrogen-bond donors (Lipinski definition) is 1. The van der Waals surface area contributed by atoms with Crippen LogP contribution in [0.1, 0.15) is 30.2 Å². The molecule has 1 unspecified atom stereocenters. The van der Waals surface area contributed by atoms with Gasteiger partial charge in [0.1, 0.15) is 5.38 Å². The molecule has 1 aliphatic heterocycles. The van der Waals surface area contributed by atoms with Gasteiger partial charge < -0.3 is 0 Å². The number of benzene rings is 1. The SMILES string of the molecule is O=C(NN1CCCCC1)C(Cl)c1ccccc1. The third-order valence-electron chi connectivity index (χ3n) is 2.95. The molecule has 0 radical (unpaired) electrons. The van der Waals surface area contributed by atoms with Crippen LogP contribution >= 0.6 is 11.6 Å². The average molecular weight is 253 g/mol. The molecule has 0 aromatic heterocycles. The second-order valence-corrected chi connectivity index (χ2v) is 4.73. The minimum atomic E-state index is -0.613. The van der Waals surface area contributed by atoms with Crippen molar-refractivity contribution in [3.8, 4) is 0 Å². The number of rotatable bonds is 3. The van der Waals surface area contributed by atoms with Gasteiger partial charge in [-0.1, -0.05) is 36.8 Å². The lowest BCUT2D eigenvalue weighted by Gasteiger charge is -2.27. The molecule has 92 valence electrons. The van der Waals surface area contributed by atoms with Gasteiger partial charge in [0.25, 0.3) is 5.91 Å². The largest absolute Gasteiger partial charge is 0.287 e. The Morgan fingerprint density at radius 1 is 1.18 bits per heavy atom. The first-order valence-corrected chi connectivity index (χ1v) is 6.45. The molecule has 3 nitrogen and oxygen atoms in total. The maximum atomic E-state index is 11.9. The van der Waals surface area contributed by atoms with Gasteiger partial charge >= 0.3 is 0 Å². The summed E-state index contributed by atoms with van der Waals surface area (Å²) in [6.45, 7) is 1.84. The van der Waals surface area contributed by atoms with Crippen LogP contribution in [0.25, 0.3) is 0 Å². The quantitative estimate of drug-likeness (QED) is 0.839. The van der Waals surface area contributed by atoms with Crippen molar-refractivity contribution in [3.63, 3.8) is 0 Å². The number of nitrogens with zero attached hydrogens (tertiary/aromatic N) is 1. The van der Waals surface area contributed by atoms with E-state index in [1.54, 1.807) is 0 Å². The Balaban J connectivity index is 1.91. The van der Waals surface area contributed by atoms with E-state index in [-0.39, 0.29) is 5.91 Å². The highest BCUT2D eigenvalue weighted by Gasteiger charge is 2.20. The van der Waals surface area contributed by atoms with Gasteiger partial charge in [-0.25, -0.2) is 5.01 Å². The minimum absolute atomic E-state index is 0.139. The Morgan fingerprint density at radius 2 is 1.82 bits per heavy atom. The van der Waals surface area contributed by atoms with E-state index >= 15 is 0 Å². The number of hydrazine groups is 1. The van der Waals surface area contributed by atoms with E-state index in [9.17, 15) is 4.79 Å². The van der Waals surface area contributed by atoms with Gasteiger partial charge in [-0.15, -0.1) is 11.6 Å². The van der Waals surface area contributed by atoms with E-state index in [0.717, 1.165) is 31.5 Å². The second kappa shape index (κ2) is 6.03. The number of hydrogen-bond acceptors (Lipinski definition) is 2. The van der Waals surface area contributed by atoms with Crippen LogP contribution in [0.3, 0.4) is 0 Å². The number of piperidine rings is 1. The van der Waals surface area contributed by atoms with Crippen molar-refractivity contribution in [3.05, 3.63) is 35.9 Å². The summed E-state index contributed by atoms with van der Waals surface area (Å²) in [5.74, 6) is -0.139. The summed E-state index contributed by atoms with van der Waals surface area (Å²) in [5.41, 5.74) is 3.72. The van der Waals surface area contributed by atoms with Crippen LogP contribution in [0.15, 0.2) is 30.3 Å². The molecule has 17 heavy (non-hydrogen) atoms. The Morgan fingerprint density at radius 3 is 2.47 bits per heavy atom. The van der Waals surface area contributed by atoms with E-state index in [4.69, 9.17) is 11.6 Å². The van der Waals surface area contributed by atoms with Crippen LogP contribution in [0, 0.1) is 0 Å². The van der Waals surface area contributed by atoms with Gasteiger partial charge in [0.15, 0.2) is 0 Å². The van der Waals surface area contributed by atoms with E-state index < -0.39 is 5.38 Å². The molecule has 1 heterocycles. The van der Waals surface area contributed by atoms with Crippen molar-refractivity contribution in [2.24, 2.45) is 0 Å². The van der Waals surface area contributed by atoms with Gasteiger partial charge in [0.05, 0.1) is 0 Å². The van der Waals surface area contributed by atoms with Crippen LogP contribution in [-0.2, 0) is 4.79 Å². The molecule has 1 aromatic rings. The fourth-order valence-electron chi connectivity index (χ4n) is 1.99. The second-order valence-electron chi connectivity index (χ2n) is 4.30. The van der Waals surface area contributed by atoms with Crippen LogP contribution in [0.2, 0.25) is 0 Å². The molecule has 1 atom stereocenters. The topological polar surface area (TPSA) is 32.3 Å². The van der Waals surface area contributed by atoms with Gasteiger partial charge in [0, 0.05) is 13.1 Å². The highest BCUT2D eigenvalue weighted by Crippen LogP contribution is 2.20. The van der Waals surface area contributed by atoms with Crippen LogP contribution in [-0.4, -0.2) is 24.0 Å². The Labute approximate surface area is 107 Å². The first-order valence-electron chi connectivity index (χ1n) is 6.02. The maximum Gasteiger partial charge on any atom is 0.256 e. The van der Waals surface area contributed by atoms with Gasteiger partial charge in [-0.3, -0.25) is 10.2 Å². The fraction of sp³-hybridized carbons (Fsp3) is 0.462. The third-order valence-corrected chi connectivity index (χ3v) is 3.40. The molecule has 1 amide bonds. The predicted octanol–water partition coefficient (Wildman–Crippen LogP) is 2.48. The first-order chi connectivity index (χ1) is 8.27. The molecule has 2 rings (SSSR count). The highest BCUT2D eigenvalue weighted by atomic mass is 35.5. The minimum Gasteiger partial charge on any atom is -0.287 e. The molecule has 1 saturated heterocycles. The van der Waals surface area contributed by atoms with Crippen LogP contribution in [0.4, 0.5) is 0 Å². The van der Waals surface area contributed by atoms with Crippen LogP contribution in [0.5, 0.6) is 0 Å². The molecule has 1 fully saturated rings. The number of alkyl halides is 1. The summed E-state index contributed by atoms with van der Waals surface area (Å²) in [5, 5.41) is 1.35. The van der Waals surface area contributed by atoms with Crippen molar-refractivity contribution in [2.45, 2.75) is 24.6 Å². The lowest BCUT2D eigenvalue weighted by atomic mass is 10.1. The monoisotopic (exact) mass is 252 g/mol. The summed E-state index contributed by atoms with van der Waals surface area (Å²) in [6.07, 6.45) is 3.52. The highest BCUT2D eigenvalue weighted by molar-refractivity contribution is 6.30. The van der Waals surface area contributed by atoms with E-state index in [1.165, 1.54) is 6.42 Å². The number of carbonyl (C=O) groups excluding carboxylic acids is 1. The summed E-state index contributed by atoms with van der Waals surface area (Å²) < 4.78 is 0. The van der Waals surface area contributed by atoms with Crippen molar-refractivity contribution < 1.29 is 4.79 Å². The number of carbonyl (C=O) groups is 1. The number of nitrogens with one attached hydrogen (secondary N) is 1. The number of amides is 1. The zero-order valence-electron chi connectivity index (χ0n) is 9.73. The molecule has 1 aliphatic rings. The summed E-state index contributed by atoms with van der Waals surface area (Å²) >= 11 is 6.14. The number of halogens is 1. The zero-order valence-corrected chi connectivity index (χ0v) is 10.5. The van der Waals surface area contributed by atoms with Crippen LogP contribution < -0.4 is 5.43 Å². The fourth-order valence-corrected chi connectivity index (χ4v) is 2.19. The van der Waals surface area contributed by atoms with Crippen molar-refractivity contribution in [1.82, 2.24) is 10.4 Å². The summed E-state index contributed by atoms with van der Waals surface area (Å²) in [7, 11) is 0. The Hall–Kier alpha value is -1.06. The molecule has 0 saturated carbocycles. The maximum absolute atomic E-state index is 11.9. The van der Waals surface area contributed by atoms with E-state index in [2.05, 4.69) is 5.43 Å². The lowest BCUT2D eigenvalue weighted by molar-refractivity contribution is -0.126. The van der Waals surface area contributed by atoms with E-state index in [0.29, 0.717) is 0 Å². The molecule has 4 heteroatoms. The normalized spacial score (nSPS) is 18.6. The standard InChI is InChI=1S/C13H17ClN2O/c14-12(11-7-3-1-4-8-11)13(17)15-16-9-5-2-6-10-16/h1,3-4,7-8,12H,2,5-6,9-10H2,(H,15,17). The van der Waals surface area contributed by atoms with Crippen molar-refractivity contribution in [1.29, 1.82) is 0 Å². The Bertz CT molecular complexity index is 363. The molecule has 1 aromatic carbocycles. The summed E-state index contributed by atoms with van der Waals surface area (Å²) in [4.78, 5) is 11.9. The molecule has 0 spiro atoms.